The molecule has 144 valence electrons. The van der Waals surface area contributed by atoms with Gasteiger partial charge in [-0.05, 0) is 19.8 Å². The molecule has 24 heavy (non-hydrogen) atoms. The van der Waals surface area contributed by atoms with Crippen molar-refractivity contribution in [2.75, 3.05) is 0 Å². The fourth-order valence-corrected chi connectivity index (χ4v) is 10.2. The molecule has 0 rings (SSSR count). The van der Waals surface area contributed by atoms with Crippen molar-refractivity contribution in [2.45, 2.75) is 129 Å². The van der Waals surface area contributed by atoms with Gasteiger partial charge in [0.15, 0.2) is 0 Å². The van der Waals surface area contributed by atoms with E-state index in [-0.39, 0.29) is 6.10 Å². The number of unbranched alkanes of at least 4 members (excludes halogenated alkanes) is 7. The van der Waals surface area contributed by atoms with Crippen molar-refractivity contribution in [1.29, 1.82) is 0 Å². The number of hydrogen-bond donors (Lipinski definition) is 1. The number of allylic oxidation sites excluding steroid dienone is 1. The lowest BCUT2D eigenvalue weighted by molar-refractivity contribution is 0.237. The van der Waals surface area contributed by atoms with Crippen LogP contribution in [-0.2, 0) is 0 Å². The van der Waals surface area contributed by atoms with Gasteiger partial charge in [0.25, 0.3) is 0 Å². The fourth-order valence-electron chi connectivity index (χ4n) is 4.01. The molecule has 0 aliphatic rings. The summed E-state index contributed by atoms with van der Waals surface area (Å²) in [5.74, 6) is 0. The van der Waals surface area contributed by atoms with Gasteiger partial charge in [-0.1, -0.05) is 115 Å². The van der Waals surface area contributed by atoms with Gasteiger partial charge in [0, 0.05) is 0 Å². The first-order chi connectivity index (χ1) is 11.6. The maximum absolute atomic E-state index is 10.6. The molecule has 0 aromatic rings. The Kier molecular flexibility index (Phi) is 15.1. The van der Waals surface area contributed by atoms with E-state index in [1.165, 1.54) is 94.0 Å². The summed E-state index contributed by atoms with van der Waals surface area (Å²) in [5, 5.41) is 12.1. The number of aliphatic hydroxyl groups is 1. The van der Waals surface area contributed by atoms with Gasteiger partial charge in [-0.25, -0.2) is 0 Å². The Bertz CT molecular complexity index is 287. The third-order valence-electron chi connectivity index (χ3n) is 5.51. The van der Waals surface area contributed by atoms with E-state index in [2.05, 4.69) is 33.8 Å². The zero-order valence-corrected chi connectivity index (χ0v) is 18.5. The molecule has 2 heteroatoms. The fraction of sp³-hybridized carbons (Fsp3) is 0.909. The molecule has 1 N–H and O–H groups in total. The molecule has 0 fully saturated rings. The minimum absolute atomic E-state index is 0.228. The van der Waals surface area contributed by atoms with Crippen LogP contribution < -0.4 is 0 Å². The van der Waals surface area contributed by atoms with Gasteiger partial charge >= 0.3 is 0 Å². The van der Waals surface area contributed by atoms with Crippen LogP contribution in [0.15, 0.2) is 11.3 Å². The first-order valence-electron chi connectivity index (χ1n) is 11.0. The lowest BCUT2D eigenvalue weighted by Gasteiger charge is -2.37. The second-order valence-corrected chi connectivity index (χ2v) is 12.4. The standard InChI is InChI=1S/C22H46OSi/c1-6-10-14-15-16-17-22(21(5)23)24(18-11-7-2,19-12-8-3)20-13-9-4/h17,21,23H,6-16,18-20H2,1-5H3/b22-17-. The van der Waals surface area contributed by atoms with Crippen molar-refractivity contribution >= 4 is 8.07 Å². The van der Waals surface area contributed by atoms with Gasteiger partial charge in [-0.3, -0.25) is 0 Å². The zero-order valence-electron chi connectivity index (χ0n) is 17.5. The van der Waals surface area contributed by atoms with Crippen LogP contribution in [0.2, 0.25) is 18.1 Å². The molecule has 0 aromatic heterocycles. The van der Waals surface area contributed by atoms with E-state index in [1.807, 2.05) is 6.92 Å². The molecule has 0 aromatic carbocycles. The summed E-state index contributed by atoms with van der Waals surface area (Å²) >= 11 is 0. The molecular formula is C22H46OSi. The van der Waals surface area contributed by atoms with Crippen LogP contribution >= 0.6 is 0 Å². The monoisotopic (exact) mass is 354 g/mol. The van der Waals surface area contributed by atoms with Crippen molar-refractivity contribution in [3.63, 3.8) is 0 Å². The van der Waals surface area contributed by atoms with Gasteiger partial charge in [0.1, 0.15) is 0 Å². The Morgan fingerprint density at radius 3 is 1.58 bits per heavy atom. The largest absolute Gasteiger partial charge is 0.389 e. The number of aliphatic hydroxyl groups excluding tert-OH is 1. The zero-order chi connectivity index (χ0) is 18.3. The van der Waals surface area contributed by atoms with Gasteiger partial charge in [-0.2, -0.15) is 0 Å². The SMILES string of the molecule is CCCCCC/C=C(/C(C)O)[Si](CCCC)(CCCC)CCCC. The van der Waals surface area contributed by atoms with Crippen LogP contribution in [-0.4, -0.2) is 19.3 Å². The minimum atomic E-state index is -1.51. The van der Waals surface area contributed by atoms with E-state index < -0.39 is 8.07 Å². The average Bonchev–Trinajstić information content (AvgIpc) is 2.58. The summed E-state index contributed by atoms with van der Waals surface area (Å²) in [6.07, 6.45) is 16.6. The molecule has 0 amide bonds. The summed E-state index contributed by atoms with van der Waals surface area (Å²) in [7, 11) is -1.51. The van der Waals surface area contributed by atoms with Crippen LogP contribution in [0.1, 0.15) is 105 Å². The highest BCUT2D eigenvalue weighted by Crippen LogP contribution is 2.36. The third kappa shape index (κ3) is 9.41. The first kappa shape index (κ1) is 23.9. The molecule has 0 saturated heterocycles. The van der Waals surface area contributed by atoms with E-state index in [1.54, 1.807) is 0 Å². The molecule has 1 atom stereocenters. The maximum atomic E-state index is 10.6. The van der Waals surface area contributed by atoms with E-state index in [9.17, 15) is 5.11 Å². The molecular weight excluding hydrogens is 308 g/mol. The Labute approximate surface area is 154 Å². The normalized spacial score (nSPS) is 14.2. The molecule has 0 saturated carbocycles. The van der Waals surface area contributed by atoms with Crippen molar-refractivity contribution < 1.29 is 5.11 Å². The van der Waals surface area contributed by atoms with E-state index in [4.69, 9.17) is 0 Å². The van der Waals surface area contributed by atoms with Gasteiger partial charge < -0.3 is 5.11 Å². The summed E-state index contributed by atoms with van der Waals surface area (Å²) < 4.78 is 0. The van der Waals surface area contributed by atoms with Gasteiger partial charge in [0.05, 0.1) is 14.2 Å². The second-order valence-electron chi connectivity index (χ2n) is 7.78. The lowest BCUT2D eigenvalue weighted by Crippen LogP contribution is -2.41. The highest BCUT2D eigenvalue weighted by atomic mass is 28.3. The Morgan fingerprint density at radius 2 is 1.21 bits per heavy atom. The van der Waals surface area contributed by atoms with Crippen LogP contribution in [0.3, 0.4) is 0 Å². The second kappa shape index (κ2) is 15.2. The topological polar surface area (TPSA) is 20.2 Å². The van der Waals surface area contributed by atoms with Crippen LogP contribution in [0.25, 0.3) is 0 Å². The predicted molar refractivity (Wildman–Crippen MR) is 113 cm³/mol. The summed E-state index contributed by atoms with van der Waals surface area (Å²) in [6, 6.07) is 4.19. The molecule has 0 aliphatic heterocycles. The van der Waals surface area contributed by atoms with Crippen LogP contribution in [0.5, 0.6) is 0 Å². The van der Waals surface area contributed by atoms with Crippen LogP contribution in [0, 0.1) is 0 Å². The summed E-state index contributed by atoms with van der Waals surface area (Å²) in [5.41, 5.74) is 0. The average molecular weight is 355 g/mol. The molecule has 0 heterocycles. The molecule has 0 spiro atoms. The number of rotatable bonds is 16. The first-order valence-corrected chi connectivity index (χ1v) is 13.6. The maximum Gasteiger partial charge on any atom is 0.0845 e. The Morgan fingerprint density at radius 1 is 0.750 bits per heavy atom. The molecule has 0 bridgehead atoms. The van der Waals surface area contributed by atoms with Gasteiger partial charge in [-0.15, -0.1) is 0 Å². The smallest absolute Gasteiger partial charge is 0.0845 e. The van der Waals surface area contributed by atoms with Gasteiger partial charge in [0.2, 0.25) is 0 Å². The van der Waals surface area contributed by atoms with E-state index in [0.717, 1.165) is 0 Å². The number of hydrogen-bond acceptors (Lipinski definition) is 1. The van der Waals surface area contributed by atoms with E-state index >= 15 is 0 Å². The third-order valence-corrected chi connectivity index (χ3v) is 11.3. The summed E-state index contributed by atoms with van der Waals surface area (Å²) in [4.78, 5) is 0. The Hall–Kier alpha value is -0.0831. The molecule has 1 unspecified atom stereocenters. The Balaban J connectivity index is 5.29. The van der Waals surface area contributed by atoms with E-state index in [0.29, 0.717) is 0 Å². The predicted octanol–water partition coefficient (Wildman–Crippen LogP) is 7.65. The van der Waals surface area contributed by atoms with Crippen molar-refractivity contribution in [3.8, 4) is 0 Å². The highest BCUT2D eigenvalue weighted by molar-refractivity contribution is 6.86. The lowest BCUT2D eigenvalue weighted by atomic mass is 10.1. The minimum Gasteiger partial charge on any atom is -0.389 e. The van der Waals surface area contributed by atoms with Crippen molar-refractivity contribution in [1.82, 2.24) is 0 Å². The quantitative estimate of drug-likeness (QED) is 0.223. The van der Waals surface area contributed by atoms with Crippen molar-refractivity contribution in [2.24, 2.45) is 0 Å². The molecule has 0 radical (unpaired) electrons. The molecule has 0 aliphatic carbocycles. The van der Waals surface area contributed by atoms with Crippen LogP contribution in [0.4, 0.5) is 0 Å². The van der Waals surface area contributed by atoms with Crippen molar-refractivity contribution in [3.05, 3.63) is 11.3 Å². The summed E-state index contributed by atoms with van der Waals surface area (Å²) in [6.45, 7) is 11.2. The molecule has 1 nitrogen and oxygen atoms in total. The highest BCUT2D eigenvalue weighted by Gasteiger charge is 2.36.